The fraction of sp³-hybridized carbons (Fsp3) is 0.833. The van der Waals surface area contributed by atoms with E-state index in [9.17, 15) is 61.0 Å². The van der Waals surface area contributed by atoms with Crippen LogP contribution in [0.25, 0.3) is 0 Å². The molecule has 3 fully saturated rings. The Morgan fingerprint density at radius 1 is 0.339 bits per heavy atom. The fourth-order valence-corrected chi connectivity index (χ4v) is 14.6. The van der Waals surface area contributed by atoms with Crippen LogP contribution in [0.4, 0.5) is 0 Å². The van der Waals surface area contributed by atoms with Crippen molar-refractivity contribution in [1.29, 1.82) is 0 Å². The molecule has 0 bridgehead atoms. The van der Waals surface area contributed by atoms with Crippen LogP contribution in [0.1, 0.15) is 348 Å². The number of nitrogens with one attached hydrogen (secondary N) is 1. The SMILES string of the molecule is CC/C=C\C/C=C\C/C=C\C/C=C\CCCCCCCCCCCCCCCCCCCCCCC(=O)NC(COC1OC(CO)C(OC2OC(CO)C(OC3OC(CO)C(O)C(O)C3O)C(O)C2O)C(O)C1O)C(O)/C=C/CC/C=C/CC/C=C/CCCCCCCCCCCCCCCCCCCCCCC. The van der Waals surface area contributed by atoms with Crippen molar-refractivity contribution in [3.05, 3.63) is 85.1 Å². The number of hydrogen-bond acceptors (Lipinski definition) is 18. The second-order valence-electron chi connectivity index (χ2n) is 31.3. The van der Waals surface area contributed by atoms with Crippen LogP contribution in [-0.4, -0.2) is 193 Å². The van der Waals surface area contributed by atoms with E-state index in [2.05, 4.69) is 92.1 Å². The minimum absolute atomic E-state index is 0.231. The lowest BCUT2D eigenvalue weighted by atomic mass is 9.96. The Hall–Kier alpha value is -3.03. The van der Waals surface area contributed by atoms with Gasteiger partial charge in [0.2, 0.25) is 5.91 Å². The summed E-state index contributed by atoms with van der Waals surface area (Å²) in [6.07, 6.45) is 67.4. The molecule has 3 saturated heterocycles. The minimum Gasteiger partial charge on any atom is -0.394 e. The Labute approximate surface area is 661 Å². The Balaban J connectivity index is 1.35. The lowest BCUT2D eigenvalue weighted by molar-refractivity contribution is -0.379. The van der Waals surface area contributed by atoms with E-state index in [1.54, 1.807) is 6.08 Å². The lowest BCUT2D eigenvalue weighted by Gasteiger charge is -2.48. The van der Waals surface area contributed by atoms with E-state index in [4.69, 9.17) is 28.4 Å². The first kappa shape index (κ1) is 100. The number of unbranched alkanes of at least 4 members (excludes halogenated alkanes) is 43. The minimum atomic E-state index is -1.99. The van der Waals surface area contributed by atoms with Crippen molar-refractivity contribution in [1.82, 2.24) is 5.32 Å². The Kier molecular flexibility index (Phi) is 63.7. The maximum Gasteiger partial charge on any atom is 0.220 e. The third-order valence-corrected chi connectivity index (χ3v) is 21.7. The van der Waals surface area contributed by atoms with E-state index in [1.807, 2.05) is 6.08 Å². The number of allylic oxidation sites excluding steroid dienone is 13. The molecule has 634 valence electrons. The quantitative estimate of drug-likeness (QED) is 0.0199. The molecule has 17 unspecified atom stereocenters. The Morgan fingerprint density at radius 3 is 1.03 bits per heavy atom. The first-order valence-electron chi connectivity index (χ1n) is 44.3. The molecule has 109 heavy (non-hydrogen) atoms. The zero-order valence-corrected chi connectivity index (χ0v) is 68.3. The molecule has 0 aliphatic carbocycles. The molecule has 0 spiro atoms. The molecule has 12 N–H and O–H groups in total. The smallest absolute Gasteiger partial charge is 0.220 e. The van der Waals surface area contributed by atoms with Gasteiger partial charge in [0.1, 0.15) is 73.2 Å². The molecule has 0 radical (unpaired) electrons. The van der Waals surface area contributed by atoms with Gasteiger partial charge >= 0.3 is 0 Å². The van der Waals surface area contributed by atoms with Crippen LogP contribution in [0.15, 0.2) is 85.1 Å². The summed E-state index contributed by atoms with van der Waals surface area (Å²) < 4.78 is 34.5. The fourth-order valence-electron chi connectivity index (χ4n) is 14.6. The summed E-state index contributed by atoms with van der Waals surface area (Å²) >= 11 is 0. The van der Waals surface area contributed by atoms with E-state index >= 15 is 0 Å². The number of hydrogen-bond donors (Lipinski definition) is 12. The Bertz CT molecular complexity index is 2300. The van der Waals surface area contributed by atoms with Gasteiger partial charge in [0.05, 0.1) is 38.6 Å². The van der Waals surface area contributed by atoms with Crippen molar-refractivity contribution in [3.8, 4) is 0 Å². The van der Waals surface area contributed by atoms with E-state index in [-0.39, 0.29) is 18.9 Å². The van der Waals surface area contributed by atoms with Crippen molar-refractivity contribution in [2.45, 2.75) is 452 Å². The number of aliphatic hydroxyl groups is 11. The van der Waals surface area contributed by atoms with Crippen LogP contribution in [0.5, 0.6) is 0 Å². The predicted molar refractivity (Wildman–Crippen MR) is 438 cm³/mol. The molecule has 19 heteroatoms. The predicted octanol–water partition coefficient (Wildman–Crippen LogP) is 16.5. The van der Waals surface area contributed by atoms with Crippen LogP contribution in [0.2, 0.25) is 0 Å². The molecule has 0 aromatic rings. The summed E-state index contributed by atoms with van der Waals surface area (Å²) in [4.78, 5) is 13.5. The highest BCUT2D eigenvalue weighted by molar-refractivity contribution is 5.76. The van der Waals surface area contributed by atoms with E-state index in [0.29, 0.717) is 12.8 Å². The second kappa shape index (κ2) is 69.3. The average Bonchev–Trinajstić information content (AvgIpc) is 0.782. The average molecular weight is 1550 g/mol. The first-order valence-corrected chi connectivity index (χ1v) is 44.3. The van der Waals surface area contributed by atoms with Gasteiger partial charge in [-0.2, -0.15) is 0 Å². The first-order chi connectivity index (χ1) is 53.3. The molecule has 19 nitrogen and oxygen atoms in total. The summed E-state index contributed by atoms with van der Waals surface area (Å²) in [7, 11) is 0. The van der Waals surface area contributed by atoms with Crippen molar-refractivity contribution < 1.29 is 89.4 Å². The van der Waals surface area contributed by atoms with Gasteiger partial charge in [-0.15, -0.1) is 0 Å². The van der Waals surface area contributed by atoms with E-state index < -0.39 is 124 Å². The van der Waals surface area contributed by atoms with E-state index in [1.165, 1.54) is 244 Å². The van der Waals surface area contributed by atoms with Gasteiger partial charge in [-0.3, -0.25) is 4.79 Å². The molecule has 3 aliphatic heterocycles. The van der Waals surface area contributed by atoms with Crippen molar-refractivity contribution in [2.75, 3.05) is 26.4 Å². The monoisotopic (exact) mass is 1540 g/mol. The molecule has 0 aromatic heterocycles. The van der Waals surface area contributed by atoms with Crippen LogP contribution in [0, 0.1) is 0 Å². The number of aliphatic hydroxyl groups excluding tert-OH is 11. The van der Waals surface area contributed by atoms with E-state index in [0.717, 1.165) is 70.6 Å². The molecule has 0 saturated carbocycles. The number of carbonyl (C=O) groups excluding carboxylic acids is 1. The second-order valence-corrected chi connectivity index (χ2v) is 31.3. The van der Waals surface area contributed by atoms with Crippen LogP contribution in [0.3, 0.4) is 0 Å². The number of ether oxygens (including phenoxy) is 6. The van der Waals surface area contributed by atoms with Gasteiger partial charge in [-0.05, 0) is 83.5 Å². The molecule has 3 rings (SSSR count). The van der Waals surface area contributed by atoms with Crippen LogP contribution >= 0.6 is 0 Å². The summed E-state index contributed by atoms with van der Waals surface area (Å²) in [5.41, 5.74) is 0. The normalized spacial score (nSPS) is 25.7. The lowest BCUT2D eigenvalue weighted by Crippen LogP contribution is -2.66. The highest BCUT2D eigenvalue weighted by Crippen LogP contribution is 2.33. The standard InChI is InChI=1S/C90H161NO18/c1-3-5-7-9-11-13-15-17-19-21-23-25-27-29-31-33-35-36-38-40-42-44-46-48-50-52-54-56-58-60-62-64-66-68-78(96)91-73(74(95)67-65-63-61-59-57-55-53-51-49-47-45-43-41-39-37-34-32-30-28-26-24-22-20-18-16-14-12-10-8-6-4-2)72-104-88-84(102)81(99)86(76(70-93)106-88)109-90-85(103)82(100)87(77(71-94)107-90)108-89-83(101)80(98)79(97)75(69-92)105-89/h5,7,11,13,17,19,23,25,49,51,57,59,65,67,73-77,79-90,92-95,97-103H,3-4,6,8-10,12,14-16,18,20-22,24,26-48,50,52-56,58,60-64,66,68-72H2,1-2H3,(H,91,96)/b7-5-,13-11-,19-17-,25-23-,51-49+,59-57+,67-65+. The zero-order valence-electron chi connectivity index (χ0n) is 68.3. The molecule has 0 aromatic carbocycles. The number of rotatable bonds is 71. The summed E-state index contributed by atoms with van der Waals surface area (Å²) in [5.74, 6) is -0.286. The highest BCUT2D eigenvalue weighted by atomic mass is 16.8. The van der Waals surface area contributed by atoms with Gasteiger partial charge in [-0.1, -0.05) is 343 Å². The van der Waals surface area contributed by atoms with Crippen molar-refractivity contribution >= 4 is 5.91 Å². The summed E-state index contributed by atoms with van der Waals surface area (Å²) in [5, 5.41) is 121. The molecule has 3 heterocycles. The van der Waals surface area contributed by atoms with Gasteiger partial charge < -0.3 is 89.9 Å². The highest BCUT2D eigenvalue weighted by Gasteiger charge is 2.54. The zero-order chi connectivity index (χ0) is 78.8. The van der Waals surface area contributed by atoms with Crippen LogP contribution in [-0.2, 0) is 33.2 Å². The molecular weight excluding hydrogens is 1380 g/mol. The number of carbonyl (C=O) groups is 1. The molecule has 3 aliphatic rings. The van der Waals surface area contributed by atoms with Gasteiger partial charge in [0.25, 0.3) is 0 Å². The van der Waals surface area contributed by atoms with Gasteiger partial charge in [-0.25, -0.2) is 0 Å². The molecular formula is C90H161NO18. The topological polar surface area (TPSA) is 307 Å². The van der Waals surface area contributed by atoms with Crippen molar-refractivity contribution in [3.63, 3.8) is 0 Å². The third-order valence-electron chi connectivity index (χ3n) is 21.7. The summed E-state index contributed by atoms with van der Waals surface area (Å²) in [6, 6.07) is -1.00. The molecule has 17 atom stereocenters. The Morgan fingerprint density at radius 2 is 0.642 bits per heavy atom. The largest absolute Gasteiger partial charge is 0.394 e. The number of amides is 1. The maximum absolute atomic E-state index is 13.5. The van der Waals surface area contributed by atoms with Crippen LogP contribution < -0.4 is 5.32 Å². The van der Waals surface area contributed by atoms with Crippen molar-refractivity contribution in [2.24, 2.45) is 0 Å². The third kappa shape index (κ3) is 48.2. The maximum atomic E-state index is 13.5. The van der Waals surface area contributed by atoms with Gasteiger partial charge in [0, 0.05) is 6.42 Å². The van der Waals surface area contributed by atoms with Gasteiger partial charge in [0.15, 0.2) is 18.9 Å². The summed E-state index contributed by atoms with van der Waals surface area (Å²) in [6.45, 7) is 1.64. The molecule has 1 amide bonds.